The number of carbonyl (C=O) groups is 2. The average Bonchev–Trinajstić information content (AvgIpc) is 3.00. The molecule has 2 N–H and O–H groups in total. The molecule has 3 heterocycles. The Labute approximate surface area is 254 Å². The smallest absolute Gasteiger partial charge is 0.422 e. The number of rotatable bonds is 8. The van der Waals surface area contributed by atoms with Crippen LogP contribution in [0.2, 0.25) is 0 Å². The van der Waals surface area contributed by atoms with E-state index < -0.39 is 69.7 Å². The highest BCUT2D eigenvalue weighted by atomic mass is 19.4. The lowest BCUT2D eigenvalue weighted by Crippen LogP contribution is -2.12. The molecule has 0 saturated carbocycles. The standard InChI is InChI=1S/C31H17F6N3O6/c32-30(33,34)24-22(45-18-8-4-16(5-9-18)28(41)42)12-14-38-26(24)20-2-1-3-21(40-20)27-25(31(35,36)37)23(13-15-39-27)46-19-10-6-17(7-11-19)29(43)44/h1-15H,(H,41,42)(H,43,44). The molecule has 5 aromatic rings. The second kappa shape index (κ2) is 12.2. The van der Waals surface area contributed by atoms with Gasteiger partial charge < -0.3 is 19.7 Å². The van der Waals surface area contributed by atoms with Crippen molar-refractivity contribution in [1.29, 1.82) is 0 Å². The molecule has 0 aliphatic rings. The highest BCUT2D eigenvalue weighted by Gasteiger charge is 2.41. The van der Waals surface area contributed by atoms with Crippen molar-refractivity contribution in [1.82, 2.24) is 15.0 Å². The van der Waals surface area contributed by atoms with Gasteiger partial charge in [-0.1, -0.05) is 6.07 Å². The van der Waals surface area contributed by atoms with E-state index in [-0.39, 0.29) is 22.6 Å². The zero-order valence-electron chi connectivity index (χ0n) is 22.8. The number of ether oxygens (including phenoxy) is 2. The van der Waals surface area contributed by atoms with Gasteiger partial charge in [0.15, 0.2) is 0 Å². The van der Waals surface area contributed by atoms with Crippen LogP contribution in [0.5, 0.6) is 23.0 Å². The van der Waals surface area contributed by atoms with E-state index in [1.807, 2.05) is 0 Å². The first-order valence-electron chi connectivity index (χ1n) is 12.8. The first-order chi connectivity index (χ1) is 21.7. The number of hydrogen-bond donors (Lipinski definition) is 2. The van der Waals surface area contributed by atoms with E-state index in [4.69, 9.17) is 19.7 Å². The Balaban J connectivity index is 1.58. The Morgan fingerprint density at radius 2 is 0.935 bits per heavy atom. The molecule has 5 rings (SSSR count). The van der Waals surface area contributed by atoms with Crippen molar-refractivity contribution in [3.05, 3.63) is 114 Å². The lowest BCUT2D eigenvalue weighted by Gasteiger charge is -2.18. The van der Waals surface area contributed by atoms with Gasteiger partial charge in [-0.05, 0) is 72.8 Å². The van der Waals surface area contributed by atoms with Crippen LogP contribution in [-0.4, -0.2) is 37.1 Å². The third-order valence-corrected chi connectivity index (χ3v) is 6.28. The SMILES string of the molecule is O=C(O)c1ccc(Oc2ccnc(-c3cccc(-c4nccc(Oc5ccc(C(=O)O)cc5)c4C(F)(F)F)n3)c2C(F)(F)F)cc1. The monoisotopic (exact) mass is 641 g/mol. The Hall–Kier alpha value is -5.99. The molecule has 0 bridgehead atoms. The molecule has 0 spiro atoms. The van der Waals surface area contributed by atoms with E-state index in [0.29, 0.717) is 0 Å². The topological polar surface area (TPSA) is 132 Å². The van der Waals surface area contributed by atoms with E-state index in [0.717, 1.165) is 85.2 Å². The van der Waals surface area contributed by atoms with Crippen LogP contribution in [0.1, 0.15) is 31.8 Å². The summed E-state index contributed by atoms with van der Waals surface area (Å²) in [4.78, 5) is 33.9. The molecular formula is C31H17F6N3O6. The molecule has 2 aromatic carbocycles. The highest BCUT2D eigenvalue weighted by Crippen LogP contribution is 2.45. The van der Waals surface area contributed by atoms with E-state index in [1.54, 1.807) is 0 Å². The summed E-state index contributed by atoms with van der Waals surface area (Å²) in [5.41, 5.74) is -5.44. The van der Waals surface area contributed by atoms with E-state index >= 15 is 0 Å². The number of carboxylic acids is 2. The molecule has 0 radical (unpaired) electrons. The van der Waals surface area contributed by atoms with Gasteiger partial charge in [0, 0.05) is 12.4 Å². The lowest BCUT2D eigenvalue weighted by molar-refractivity contribution is -0.139. The maximum Gasteiger partial charge on any atom is 0.422 e. The number of halogens is 6. The van der Waals surface area contributed by atoms with Crippen LogP contribution in [0.25, 0.3) is 22.8 Å². The maximum absolute atomic E-state index is 14.4. The number of hydrogen-bond acceptors (Lipinski definition) is 7. The number of aromatic nitrogens is 3. The number of alkyl halides is 6. The Bertz CT molecular complexity index is 1790. The van der Waals surface area contributed by atoms with Crippen molar-refractivity contribution in [2.45, 2.75) is 12.4 Å². The van der Waals surface area contributed by atoms with Crippen molar-refractivity contribution in [2.75, 3.05) is 0 Å². The summed E-state index contributed by atoms with van der Waals surface area (Å²) in [6.07, 6.45) is -8.17. The summed E-state index contributed by atoms with van der Waals surface area (Å²) in [6.45, 7) is 0. The third kappa shape index (κ3) is 6.72. The largest absolute Gasteiger partial charge is 0.478 e. The summed E-state index contributed by atoms with van der Waals surface area (Å²) in [5.74, 6) is -4.19. The fourth-order valence-electron chi connectivity index (χ4n) is 4.28. The van der Waals surface area contributed by atoms with Crippen LogP contribution in [0.15, 0.2) is 91.3 Å². The van der Waals surface area contributed by atoms with E-state index in [9.17, 15) is 35.9 Å². The van der Waals surface area contributed by atoms with Crippen LogP contribution >= 0.6 is 0 Å². The van der Waals surface area contributed by atoms with Gasteiger partial charge in [-0.2, -0.15) is 26.3 Å². The minimum absolute atomic E-state index is 0.122. The first kappa shape index (κ1) is 31.4. The second-order valence-electron chi connectivity index (χ2n) is 9.33. The lowest BCUT2D eigenvalue weighted by atomic mass is 10.1. The van der Waals surface area contributed by atoms with Crippen LogP contribution in [0, 0.1) is 0 Å². The first-order valence-corrected chi connectivity index (χ1v) is 12.8. The molecule has 46 heavy (non-hydrogen) atoms. The normalized spacial score (nSPS) is 11.6. The van der Waals surface area contributed by atoms with Gasteiger partial charge in [0.05, 0.1) is 22.5 Å². The van der Waals surface area contributed by atoms with Crippen molar-refractivity contribution in [3.8, 4) is 45.8 Å². The van der Waals surface area contributed by atoms with E-state index in [1.165, 1.54) is 6.07 Å². The summed E-state index contributed by atoms with van der Waals surface area (Å²) in [6, 6.07) is 14.4. The van der Waals surface area contributed by atoms with Gasteiger partial charge in [-0.15, -0.1) is 0 Å². The third-order valence-electron chi connectivity index (χ3n) is 6.28. The van der Waals surface area contributed by atoms with Crippen LogP contribution in [-0.2, 0) is 12.4 Å². The zero-order valence-corrected chi connectivity index (χ0v) is 22.8. The summed E-state index contributed by atoms with van der Waals surface area (Å²) >= 11 is 0. The Morgan fingerprint density at radius 3 is 1.26 bits per heavy atom. The van der Waals surface area contributed by atoms with Crippen molar-refractivity contribution in [2.24, 2.45) is 0 Å². The fourth-order valence-corrected chi connectivity index (χ4v) is 4.28. The number of benzene rings is 2. The molecule has 3 aromatic heterocycles. The minimum Gasteiger partial charge on any atom is -0.478 e. The molecule has 0 atom stereocenters. The van der Waals surface area contributed by atoms with Gasteiger partial charge >= 0.3 is 24.3 Å². The molecule has 234 valence electrons. The van der Waals surface area contributed by atoms with Crippen molar-refractivity contribution >= 4 is 11.9 Å². The van der Waals surface area contributed by atoms with Gasteiger partial charge in [0.1, 0.15) is 45.5 Å². The molecular weight excluding hydrogens is 624 g/mol. The Morgan fingerprint density at radius 1 is 0.565 bits per heavy atom. The average molecular weight is 641 g/mol. The molecule has 0 aliphatic carbocycles. The quantitative estimate of drug-likeness (QED) is 0.161. The highest BCUT2D eigenvalue weighted by molar-refractivity contribution is 5.88. The van der Waals surface area contributed by atoms with Crippen molar-refractivity contribution in [3.63, 3.8) is 0 Å². The maximum atomic E-state index is 14.4. The zero-order chi connectivity index (χ0) is 33.2. The molecule has 0 fully saturated rings. The Kier molecular flexibility index (Phi) is 8.33. The summed E-state index contributed by atoms with van der Waals surface area (Å²) < 4.78 is 97.3. The number of pyridine rings is 3. The van der Waals surface area contributed by atoms with Crippen LogP contribution in [0.4, 0.5) is 26.3 Å². The van der Waals surface area contributed by atoms with Gasteiger partial charge in [0.2, 0.25) is 0 Å². The molecule has 0 amide bonds. The van der Waals surface area contributed by atoms with Gasteiger partial charge in [-0.3, -0.25) is 9.97 Å². The minimum atomic E-state index is -5.07. The molecule has 0 aliphatic heterocycles. The van der Waals surface area contributed by atoms with Crippen molar-refractivity contribution < 1.29 is 55.6 Å². The summed E-state index contributed by atoms with van der Waals surface area (Å²) in [7, 11) is 0. The number of carboxylic acid groups (broad SMARTS) is 2. The summed E-state index contributed by atoms with van der Waals surface area (Å²) in [5, 5.41) is 18.1. The van der Waals surface area contributed by atoms with Gasteiger partial charge in [-0.25, -0.2) is 14.6 Å². The molecule has 0 saturated heterocycles. The number of aromatic carboxylic acids is 2. The molecule has 15 heteroatoms. The van der Waals surface area contributed by atoms with Crippen LogP contribution < -0.4 is 9.47 Å². The predicted octanol–water partition coefficient (Wildman–Crippen LogP) is 8.22. The predicted molar refractivity (Wildman–Crippen MR) is 148 cm³/mol. The van der Waals surface area contributed by atoms with Gasteiger partial charge in [0.25, 0.3) is 0 Å². The van der Waals surface area contributed by atoms with Crippen LogP contribution in [0.3, 0.4) is 0 Å². The molecule has 0 unspecified atom stereocenters. The fraction of sp³-hybridized carbons (Fsp3) is 0.0645. The number of nitrogens with zero attached hydrogens (tertiary/aromatic N) is 3. The molecule has 9 nitrogen and oxygen atoms in total. The second-order valence-corrected chi connectivity index (χ2v) is 9.33. The van der Waals surface area contributed by atoms with E-state index in [2.05, 4.69) is 15.0 Å².